The Morgan fingerprint density at radius 1 is 1.04 bits per heavy atom. The van der Waals surface area contributed by atoms with Gasteiger partial charge in [-0.15, -0.1) is 0 Å². The lowest BCUT2D eigenvalue weighted by molar-refractivity contribution is -0.114. The van der Waals surface area contributed by atoms with E-state index in [1.807, 2.05) is 23.1 Å². The predicted octanol–water partition coefficient (Wildman–Crippen LogP) is 3.28. The normalized spacial score (nSPS) is 19.0. The van der Waals surface area contributed by atoms with E-state index in [1.165, 1.54) is 39.0 Å². The molecular formula is C22H28N4O2. The third-order valence-electron chi connectivity index (χ3n) is 6.00. The molecule has 0 unspecified atom stereocenters. The van der Waals surface area contributed by atoms with Crippen LogP contribution in [0.2, 0.25) is 0 Å². The van der Waals surface area contributed by atoms with Crippen LogP contribution in [0, 0.1) is 0 Å². The number of aromatic nitrogens is 1. The Morgan fingerprint density at radius 3 is 2.50 bits per heavy atom. The van der Waals surface area contributed by atoms with Crippen molar-refractivity contribution in [3.63, 3.8) is 0 Å². The molecular weight excluding hydrogens is 352 g/mol. The lowest BCUT2D eigenvalue weighted by Gasteiger charge is -2.40. The van der Waals surface area contributed by atoms with Gasteiger partial charge in [-0.25, -0.2) is 0 Å². The zero-order chi connectivity index (χ0) is 19.5. The van der Waals surface area contributed by atoms with Crippen LogP contribution in [0.3, 0.4) is 0 Å². The summed E-state index contributed by atoms with van der Waals surface area (Å²) >= 11 is 0. The minimum Gasteiger partial charge on any atom is -0.336 e. The Labute approximate surface area is 165 Å². The second kappa shape index (κ2) is 8.27. The molecule has 1 aromatic heterocycles. The number of hydrogen-bond acceptors (Lipinski definition) is 4. The first-order chi connectivity index (χ1) is 13.6. The number of amides is 2. The summed E-state index contributed by atoms with van der Waals surface area (Å²) in [7, 11) is 0. The minimum absolute atomic E-state index is 0.0515. The van der Waals surface area contributed by atoms with Crippen LogP contribution < -0.4 is 5.32 Å². The fourth-order valence-corrected chi connectivity index (χ4v) is 4.56. The van der Waals surface area contributed by atoms with Crippen LogP contribution in [0.5, 0.6) is 0 Å². The molecule has 1 saturated carbocycles. The average Bonchev–Trinajstić information content (AvgIpc) is 2.73. The second-order valence-corrected chi connectivity index (χ2v) is 7.86. The summed E-state index contributed by atoms with van der Waals surface area (Å²) in [5.41, 5.74) is 1.95. The number of para-hydroxylation sites is 1. The van der Waals surface area contributed by atoms with Crippen molar-refractivity contribution in [2.45, 2.75) is 45.1 Å². The monoisotopic (exact) mass is 380 g/mol. The molecule has 4 rings (SSSR count). The van der Waals surface area contributed by atoms with E-state index >= 15 is 0 Å². The maximum atomic E-state index is 13.2. The highest BCUT2D eigenvalue weighted by molar-refractivity contribution is 6.10. The molecule has 6 nitrogen and oxygen atoms in total. The molecule has 1 saturated heterocycles. The number of rotatable bonds is 3. The smallest absolute Gasteiger partial charge is 0.254 e. The standard InChI is InChI=1S/C22H28N4O2/c1-16(27)24-20-9-5-8-18-19(10-11-23-21(18)20)22(28)26-14-12-25(13-15-26)17-6-3-2-4-7-17/h5,8-11,17H,2-4,6-7,12-15H2,1H3,(H,24,27). The maximum absolute atomic E-state index is 13.2. The Morgan fingerprint density at radius 2 is 1.79 bits per heavy atom. The molecule has 1 N–H and O–H groups in total. The number of benzene rings is 1. The molecule has 1 aromatic carbocycles. The first-order valence-electron chi connectivity index (χ1n) is 10.3. The van der Waals surface area contributed by atoms with Crippen molar-refractivity contribution in [1.82, 2.24) is 14.8 Å². The van der Waals surface area contributed by atoms with E-state index < -0.39 is 0 Å². The molecule has 2 heterocycles. The third kappa shape index (κ3) is 3.87. The quantitative estimate of drug-likeness (QED) is 0.887. The van der Waals surface area contributed by atoms with Crippen molar-refractivity contribution in [2.75, 3.05) is 31.5 Å². The summed E-state index contributed by atoms with van der Waals surface area (Å²) in [4.78, 5) is 33.6. The van der Waals surface area contributed by atoms with E-state index in [0.717, 1.165) is 31.6 Å². The van der Waals surface area contributed by atoms with Gasteiger partial charge < -0.3 is 10.2 Å². The van der Waals surface area contributed by atoms with Crippen LogP contribution in [0.25, 0.3) is 10.9 Å². The molecule has 2 aliphatic rings. The molecule has 6 heteroatoms. The summed E-state index contributed by atoms with van der Waals surface area (Å²) in [6, 6.07) is 8.06. The van der Waals surface area contributed by atoms with Gasteiger partial charge >= 0.3 is 0 Å². The highest BCUT2D eigenvalue weighted by Crippen LogP contribution is 2.27. The SMILES string of the molecule is CC(=O)Nc1cccc2c(C(=O)N3CCN(C4CCCCC4)CC3)ccnc12. The van der Waals surface area contributed by atoms with Crippen LogP contribution in [-0.2, 0) is 4.79 Å². The lowest BCUT2D eigenvalue weighted by Crippen LogP contribution is -2.52. The highest BCUT2D eigenvalue weighted by Gasteiger charge is 2.28. The number of hydrogen-bond donors (Lipinski definition) is 1. The van der Waals surface area contributed by atoms with Gasteiger partial charge in [-0.05, 0) is 25.0 Å². The molecule has 0 spiro atoms. The zero-order valence-electron chi connectivity index (χ0n) is 16.5. The second-order valence-electron chi connectivity index (χ2n) is 7.86. The Balaban J connectivity index is 1.51. The number of carbonyl (C=O) groups excluding carboxylic acids is 2. The number of nitrogens with zero attached hydrogens (tertiary/aromatic N) is 3. The van der Waals surface area contributed by atoms with Gasteiger partial charge in [0.2, 0.25) is 5.91 Å². The molecule has 0 bridgehead atoms. The highest BCUT2D eigenvalue weighted by atomic mass is 16.2. The number of anilines is 1. The van der Waals surface area contributed by atoms with Gasteiger partial charge in [0.25, 0.3) is 5.91 Å². The first-order valence-corrected chi connectivity index (χ1v) is 10.3. The lowest BCUT2D eigenvalue weighted by atomic mass is 9.94. The predicted molar refractivity (Wildman–Crippen MR) is 110 cm³/mol. The summed E-state index contributed by atoms with van der Waals surface area (Å²) in [6.45, 7) is 4.92. The molecule has 2 amide bonds. The zero-order valence-corrected chi connectivity index (χ0v) is 16.5. The summed E-state index contributed by atoms with van der Waals surface area (Å²) < 4.78 is 0. The van der Waals surface area contributed by atoms with Crippen LogP contribution >= 0.6 is 0 Å². The Hall–Kier alpha value is -2.47. The summed E-state index contributed by atoms with van der Waals surface area (Å²) in [6.07, 6.45) is 8.29. The molecule has 28 heavy (non-hydrogen) atoms. The van der Waals surface area contributed by atoms with E-state index in [4.69, 9.17) is 0 Å². The van der Waals surface area contributed by atoms with Crippen molar-refractivity contribution in [1.29, 1.82) is 0 Å². The number of pyridine rings is 1. The van der Waals surface area contributed by atoms with Gasteiger partial charge in [-0.3, -0.25) is 19.5 Å². The number of nitrogens with one attached hydrogen (secondary N) is 1. The van der Waals surface area contributed by atoms with Gasteiger partial charge in [0.1, 0.15) is 0 Å². The van der Waals surface area contributed by atoms with Crippen molar-refractivity contribution in [3.05, 3.63) is 36.0 Å². The number of piperazine rings is 1. The number of fused-ring (bicyclic) bond motifs is 1. The van der Waals surface area contributed by atoms with E-state index in [9.17, 15) is 9.59 Å². The fourth-order valence-electron chi connectivity index (χ4n) is 4.56. The van der Waals surface area contributed by atoms with Crippen molar-refractivity contribution in [3.8, 4) is 0 Å². The van der Waals surface area contributed by atoms with Crippen molar-refractivity contribution >= 4 is 28.4 Å². The molecule has 1 aliphatic heterocycles. The van der Waals surface area contributed by atoms with Gasteiger partial charge in [-0.2, -0.15) is 0 Å². The number of carbonyl (C=O) groups is 2. The fraction of sp³-hybridized carbons (Fsp3) is 0.500. The van der Waals surface area contributed by atoms with Crippen LogP contribution in [0.1, 0.15) is 49.4 Å². The van der Waals surface area contributed by atoms with Crippen molar-refractivity contribution < 1.29 is 9.59 Å². The van der Waals surface area contributed by atoms with E-state index in [2.05, 4.69) is 15.2 Å². The Kier molecular flexibility index (Phi) is 5.57. The molecule has 0 atom stereocenters. The average molecular weight is 380 g/mol. The maximum Gasteiger partial charge on any atom is 0.254 e. The van der Waals surface area contributed by atoms with E-state index in [0.29, 0.717) is 22.8 Å². The topological polar surface area (TPSA) is 65.5 Å². The van der Waals surface area contributed by atoms with Crippen LogP contribution in [0.15, 0.2) is 30.5 Å². The third-order valence-corrected chi connectivity index (χ3v) is 6.00. The van der Waals surface area contributed by atoms with Gasteiger partial charge in [-0.1, -0.05) is 31.4 Å². The molecule has 2 fully saturated rings. The molecule has 1 aliphatic carbocycles. The van der Waals surface area contributed by atoms with E-state index in [-0.39, 0.29) is 11.8 Å². The largest absolute Gasteiger partial charge is 0.336 e. The summed E-state index contributed by atoms with van der Waals surface area (Å²) in [5, 5.41) is 3.59. The van der Waals surface area contributed by atoms with Gasteiger partial charge in [0.15, 0.2) is 0 Å². The molecule has 0 radical (unpaired) electrons. The molecule has 148 valence electrons. The Bertz CT molecular complexity index is 868. The van der Waals surface area contributed by atoms with Crippen LogP contribution in [0.4, 0.5) is 5.69 Å². The van der Waals surface area contributed by atoms with Crippen LogP contribution in [-0.4, -0.2) is 58.8 Å². The van der Waals surface area contributed by atoms with Gasteiger partial charge in [0, 0.05) is 50.7 Å². The van der Waals surface area contributed by atoms with Crippen molar-refractivity contribution in [2.24, 2.45) is 0 Å². The molecule has 2 aromatic rings. The first kappa shape index (κ1) is 18.9. The van der Waals surface area contributed by atoms with E-state index in [1.54, 1.807) is 12.3 Å². The minimum atomic E-state index is -0.148. The van der Waals surface area contributed by atoms with Gasteiger partial charge in [0.05, 0.1) is 16.8 Å². The summed E-state index contributed by atoms with van der Waals surface area (Å²) in [5.74, 6) is -0.0967.